The van der Waals surface area contributed by atoms with E-state index in [4.69, 9.17) is 9.72 Å². The predicted octanol–water partition coefficient (Wildman–Crippen LogP) is 4.25. The number of ether oxygens (including phenoxy) is 1. The maximum absolute atomic E-state index is 12.2. The molecule has 0 saturated carbocycles. The first-order valence-corrected chi connectivity index (χ1v) is 11.2. The van der Waals surface area contributed by atoms with Gasteiger partial charge >= 0.3 is 0 Å². The smallest absolute Gasteiger partial charge is 0.230 e. The molecule has 3 aromatic rings. The molecule has 0 aromatic carbocycles. The third kappa shape index (κ3) is 4.20. The number of thiophene rings is 2. The molecule has 0 aliphatic carbocycles. The monoisotopic (exact) mass is 405 g/mol. The molecule has 26 heavy (non-hydrogen) atoms. The van der Waals surface area contributed by atoms with Gasteiger partial charge in [0.25, 0.3) is 0 Å². The zero-order valence-electron chi connectivity index (χ0n) is 14.1. The summed E-state index contributed by atoms with van der Waals surface area (Å²) in [6, 6.07) is 8.46. The van der Waals surface area contributed by atoms with E-state index in [1.807, 2.05) is 12.1 Å². The van der Waals surface area contributed by atoms with Gasteiger partial charge < -0.3 is 15.0 Å². The van der Waals surface area contributed by atoms with Crippen LogP contribution in [-0.2, 0) is 9.53 Å². The van der Waals surface area contributed by atoms with Gasteiger partial charge in [-0.3, -0.25) is 4.79 Å². The van der Waals surface area contributed by atoms with Crippen molar-refractivity contribution in [3.63, 3.8) is 0 Å². The van der Waals surface area contributed by atoms with Gasteiger partial charge in [-0.1, -0.05) is 23.9 Å². The largest absolute Gasteiger partial charge is 0.381 e. The van der Waals surface area contributed by atoms with Crippen LogP contribution in [0.3, 0.4) is 0 Å². The van der Waals surface area contributed by atoms with Crippen molar-refractivity contribution in [3.8, 4) is 21.1 Å². The van der Waals surface area contributed by atoms with Crippen molar-refractivity contribution in [2.75, 3.05) is 19.0 Å². The number of amides is 1. The second-order valence-corrected chi connectivity index (χ2v) is 8.82. The number of carbonyl (C=O) groups excluding carboxylic acids is 1. The standard InChI is InChI=1S/C18H19N3O2S3/c22-15(19-12-5-7-23-8-6-12)11-26-18-20-16(13-3-1-9-24-13)17(21-18)14-4-2-10-25-14/h1-4,9-10,12H,5-8,11H2,(H,19,22)(H,20,21). The zero-order chi connectivity index (χ0) is 17.8. The summed E-state index contributed by atoms with van der Waals surface area (Å²) in [5.41, 5.74) is 1.98. The lowest BCUT2D eigenvalue weighted by Crippen LogP contribution is -2.39. The van der Waals surface area contributed by atoms with E-state index >= 15 is 0 Å². The van der Waals surface area contributed by atoms with Crippen molar-refractivity contribution in [1.82, 2.24) is 15.3 Å². The Morgan fingerprint density at radius 1 is 1.23 bits per heavy atom. The van der Waals surface area contributed by atoms with E-state index in [-0.39, 0.29) is 11.9 Å². The van der Waals surface area contributed by atoms with Crippen LogP contribution in [0.25, 0.3) is 21.1 Å². The van der Waals surface area contributed by atoms with Crippen LogP contribution in [0, 0.1) is 0 Å². The van der Waals surface area contributed by atoms with Gasteiger partial charge in [-0.2, -0.15) is 0 Å². The minimum Gasteiger partial charge on any atom is -0.381 e. The number of nitrogens with one attached hydrogen (secondary N) is 2. The number of imidazole rings is 1. The molecule has 4 heterocycles. The topological polar surface area (TPSA) is 67.0 Å². The van der Waals surface area contributed by atoms with Crippen LogP contribution in [-0.4, -0.2) is 40.9 Å². The van der Waals surface area contributed by atoms with Crippen molar-refractivity contribution >= 4 is 40.3 Å². The number of thioether (sulfide) groups is 1. The van der Waals surface area contributed by atoms with Gasteiger partial charge in [0.05, 0.1) is 21.2 Å². The van der Waals surface area contributed by atoms with Gasteiger partial charge in [0.1, 0.15) is 5.69 Å². The molecule has 1 aliphatic rings. The maximum Gasteiger partial charge on any atom is 0.230 e. The first-order chi connectivity index (χ1) is 12.8. The van der Waals surface area contributed by atoms with Crippen molar-refractivity contribution in [3.05, 3.63) is 35.0 Å². The molecular weight excluding hydrogens is 386 g/mol. The Morgan fingerprint density at radius 2 is 1.96 bits per heavy atom. The van der Waals surface area contributed by atoms with Crippen molar-refractivity contribution in [1.29, 1.82) is 0 Å². The Kier molecular flexibility index (Phi) is 5.74. The molecule has 0 unspecified atom stereocenters. The van der Waals surface area contributed by atoms with Crippen LogP contribution in [0.15, 0.2) is 40.2 Å². The Balaban J connectivity index is 1.45. The lowest BCUT2D eigenvalue weighted by atomic mass is 10.1. The lowest BCUT2D eigenvalue weighted by Gasteiger charge is -2.22. The number of H-pyrrole nitrogens is 1. The minimum absolute atomic E-state index is 0.0497. The molecule has 0 spiro atoms. The molecule has 5 nitrogen and oxygen atoms in total. The number of hydrogen-bond donors (Lipinski definition) is 2. The maximum atomic E-state index is 12.2. The fourth-order valence-corrected chi connectivity index (χ4v) is 4.98. The summed E-state index contributed by atoms with van der Waals surface area (Å²) in [4.78, 5) is 22.7. The van der Waals surface area contributed by atoms with E-state index in [0.29, 0.717) is 5.75 Å². The van der Waals surface area contributed by atoms with Crippen LogP contribution < -0.4 is 5.32 Å². The highest BCUT2D eigenvalue weighted by Crippen LogP contribution is 2.36. The number of rotatable bonds is 6. The molecule has 1 amide bonds. The molecule has 1 aliphatic heterocycles. The Hall–Kier alpha value is -1.61. The minimum atomic E-state index is 0.0497. The summed E-state index contributed by atoms with van der Waals surface area (Å²) in [7, 11) is 0. The van der Waals surface area contributed by atoms with Crippen LogP contribution in [0.5, 0.6) is 0 Å². The zero-order valence-corrected chi connectivity index (χ0v) is 16.5. The number of hydrogen-bond acceptors (Lipinski definition) is 6. The highest BCUT2D eigenvalue weighted by atomic mass is 32.2. The molecule has 0 bridgehead atoms. The summed E-state index contributed by atoms with van der Waals surface area (Å²) in [5, 5.41) is 7.98. The quantitative estimate of drug-likeness (QED) is 0.602. The van der Waals surface area contributed by atoms with Gasteiger partial charge in [0.2, 0.25) is 5.91 Å². The second kappa shape index (κ2) is 8.39. The third-order valence-electron chi connectivity index (χ3n) is 4.13. The van der Waals surface area contributed by atoms with Crippen LogP contribution in [0.1, 0.15) is 12.8 Å². The SMILES string of the molecule is O=C(CSc1nc(-c2cccs2)c(-c2cccs2)[nH]1)NC1CCOCC1. The van der Waals surface area contributed by atoms with Gasteiger partial charge in [0.15, 0.2) is 5.16 Å². The molecule has 1 fully saturated rings. The third-order valence-corrected chi connectivity index (χ3v) is 6.77. The van der Waals surface area contributed by atoms with Gasteiger partial charge in [-0.15, -0.1) is 22.7 Å². The molecule has 136 valence electrons. The summed E-state index contributed by atoms with van der Waals surface area (Å²) in [6.07, 6.45) is 1.78. The average molecular weight is 406 g/mol. The molecule has 3 aromatic heterocycles. The fraction of sp³-hybridized carbons (Fsp3) is 0.333. The normalized spacial score (nSPS) is 15.2. The summed E-state index contributed by atoms with van der Waals surface area (Å²) in [5.74, 6) is 0.409. The van der Waals surface area contributed by atoms with Crippen molar-refractivity contribution < 1.29 is 9.53 Å². The lowest BCUT2D eigenvalue weighted by molar-refractivity contribution is -0.119. The number of carbonyl (C=O) groups is 1. The Labute approximate surface area is 164 Å². The van der Waals surface area contributed by atoms with E-state index < -0.39 is 0 Å². The molecule has 1 saturated heterocycles. The summed E-state index contributed by atoms with van der Waals surface area (Å²) < 4.78 is 5.33. The molecule has 4 rings (SSSR count). The fourth-order valence-electron chi connectivity index (χ4n) is 2.86. The highest BCUT2D eigenvalue weighted by Gasteiger charge is 2.19. The van der Waals surface area contributed by atoms with Crippen molar-refractivity contribution in [2.45, 2.75) is 24.0 Å². The van der Waals surface area contributed by atoms with E-state index in [2.05, 4.69) is 33.2 Å². The second-order valence-electron chi connectivity index (χ2n) is 5.96. The average Bonchev–Trinajstić information content (AvgIpc) is 3.41. The first-order valence-electron chi connectivity index (χ1n) is 8.47. The molecular formula is C18H19N3O2S3. The van der Waals surface area contributed by atoms with Gasteiger partial charge in [-0.25, -0.2) is 4.98 Å². The molecule has 2 N–H and O–H groups in total. The number of nitrogens with zero attached hydrogens (tertiary/aromatic N) is 1. The molecule has 0 atom stereocenters. The Bertz CT molecular complexity index is 786. The van der Waals surface area contributed by atoms with Crippen molar-refractivity contribution in [2.24, 2.45) is 0 Å². The summed E-state index contributed by atoms with van der Waals surface area (Å²) in [6.45, 7) is 1.45. The van der Waals surface area contributed by atoms with Crippen LogP contribution >= 0.6 is 34.4 Å². The van der Waals surface area contributed by atoms with E-state index in [1.54, 1.807) is 22.7 Å². The number of aromatic amines is 1. The molecule has 8 heteroatoms. The Morgan fingerprint density at radius 3 is 2.65 bits per heavy atom. The van der Waals surface area contributed by atoms with Crippen LogP contribution in [0.2, 0.25) is 0 Å². The summed E-state index contributed by atoms with van der Waals surface area (Å²) >= 11 is 4.80. The van der Waals surface area contributed by atoms with E-state index in [0.717, 1.165) is 52.4 Å². The van der Waals surface area contributed by atoms with Crippen LogP contribution in [0.4, 0.5) is 0 Å². The predicted molar refractivity (Wildman–Crippen MR) is 108 cm³/mol. The number of aromatic nitrogens is 2. The van der Waals surface area contributed by atoms with Gasteiger partial charge in [0, 0.05) is 19.3 Å². The van der Waals surface area contributed by atoms with E-state index in [9.17, 15) is 4.79 Å². The van der Waals surface area contributed by atoms with E-state index in [1.165, 1.54) is 11.8 Å². The highest BCUT2D eigenvalue weighted by molar-refractivity contribution is 7.99. The van der Waals surface area contributed by atoms with Gasteiger partial charge in [-0.05, 0) is 35.7 Å². The molecule has 0 radical (unpaired) electrons. The first kappa shape index (κ1) is 17.8.